The van der Waals surface area contributed by atoms with Crippen molar-refractivity contribution in [2.24, 2.45) is 0 Å². The van der Waals surface area contributed by atoms with Gasteiger partial charge in [0.05, 0.1) is 10.6 Å². The molecule has 0 radical (unpaired) electrons. The molecule has 0 spiro atoms. The van der Waals surface area contributed by atoms with Crippen molar-refractivity contribution in [2.75, 3.05) is 0 Å². The Morgan fingerprint density at radius 3 is 2.48 bits per heavy atom. The average Bonchev–Trinajstić information content (AvgIpc) is 2.52. The summed E-state index contributed by atoms with van der Waals surface area (Å²) in [7, 11) is 0. The van der Waals surface area contributed by atoms with Crippen LogP contribution in [-0.2, 0) is 0 Å². The van der Waals surface area contributed by atoms with Gasteiger partial charge in [-0.15, -0.1) is 0 Å². The molecule has 25 heavy (non-hydrogen) atoms. The van der Waals surface area contributed by atoms with Gasteiger partial charge >= 0.3 is 0 Å². The maximum Gasteiger partial charge on any atom is 0.270 e. The summed E-state index contributed by atoms with van der Waals surface area (Å²) in [6.45, 7) is 9.52. The summed E-state index contributed by atoms with van der Waals surface area (Å²) >= 11 is 0. The van der Waals surface area contributed by atoms with Gasteiger partial charge in [-0.25, -0.2) is 9.97 Å². The van der Waals surface area contributed by atoms with Crippen molar-refractivity contribution in [3.05, 3.63) is 52.1 Å². The Kier molecular flexibility index (Phi) is 5.15. The molecule has 2 aromatic rings. The first kappa shape index (κ1) is 18.5. The third kappa shape index (κ3) is 4.59. The van der Waals surface area contributed by atoms with E-state index in [-0.39, 0.29) is 23.1 Å². The second kappa shape index (κ2) is 6.96. The molecule has 0 fully saturated rings. The summed E-state index contributed by atoms with van der Waals surface area (Å²) in [4.78, 5) is 31.6. The fourth-order valence-electron chi connectivity index (χ4n) is 2.44. The van der Waals surface area contributed by atoms with Gasteiger partial charge < -0.3 is 5.32 Å². The second-order valence-corrected chi connectivity index (χ2v) is 7.21. The van der Waals surface area contributed by atoms with Gasteiger partial charge in [0.2, 0.25) is 0 Å². The van der Waals surface area contributed by atoms with E-state index in [1.807, 2.05) is 34.6 Å². The zero-order valence-corrected chi connectivity index (χ0v) is 15.0. The average molecular weight is 342 g/mol. The van der Waals surface area contributed by atoms with Crippen LogP contribution < -0.4 is 5.32 Å². The molecular formula is C18H22N4O3. The van der Waals surface area contributed by atoms with E-state index in [9.17, 15) is 14.9 Å². The van der Waals surface area contributed by atoms with E-state index in [0.29, 0.717) is 11.1 Å². The number of carbonyl (C=O) groups is 1. The fraction of sp³-hybridized carbons (Fsp3) is 0.389. The number of nitrogens with one attached hydrogen (secondary N) is 1. The molecule has 7 nitrogen and oxygen atoms in total. The van der Waals surface area contributed by atoms with Crippen molar-refractivity contribution in [3.63, 3.8) is 0 Å². The number of benzene rings is 1. The molecule has 1 heterocycles. The van der Waals surface area contributed by atoms with E-state index in [1.54, 1.807) is 12.3 Å². The van der Waals surface area contributed by atoms with Crippen LogP contribution in [0.3, 0.4) is 0 Å². The quantitative estimate of drug-likeness (QED) is 0.675. The normalized spacial score (nSPS) is 11.4. The number of hydrogen-bond acceptors (Lipinski definition) is 5. The van der Waals surface area contributed by atoms with Crippen LogP contribution in [-0.4, -0.2) is 26.3 Å². The molecule has 7 heteroatoms. The number of nitro benzene ring substituents is 1. The largest absolute Gasteiger partial charge is 0.347 e. The first-order valence-electron chi connectivity index (χ1n) is 8.01. The Morgan fingerprint density at radius 1 is 1.24 bits per heavy atom. The zero-order chi connectivity index (χ0) is 18.8. The number of nitrogens with zero attached hydrogens (tertiary/aromatic N) is 3. The zero-order valence-electron chi connectivity index (χ0n) is 15.0. The molecule has 0 aliphatic heterocycles. The number of rotatable bonds is 4. The van der Waals surface area contributed by atoms with Gasteiger partial charge in [0.15, 0.2) is 0 Å². The Morgan fingerprint density at radius 2 is 1.92 bits per heavy atom. The molecule has 1 amide bonds. The second-order valence-electron chi connectivity index (χ2n) is 7.21. The van der Waals surface area contributed by atoms with Crippen LogP contribution in [0.1, 0.15) is 56.6 Å². The topological polar surface area (TPSA) is 98.0 Å². The SMILES string of the molecule is CC(C)c1ncncc1-c1cc(C(=O)NC(C)(C)C)cc([N+](=O)[O-])c1. The van der Waals surface area contributed by atoms with Crippen LogP contribution in [0.5, 0.6) is 0 Å². The standard InChI is InChI=1S/C18H22N4O3/c1-11(2)16-15(9-19-10-20-16)12-6-13(8-14(7-12)22(24)25)17(23)21-18(3,4)5/h6-11H,1-5H3,(H,21,23). The Labute approximate surface area is 146 Å². The van der Waals surface area contributed by atoms with Gasteiger partial charge in [-0.1, -0.05) is 13.8 Å². The molecule has 0 aliphatic carbocycles. The molecule has 0 saturated carbocycles. The minimum Gasteiger partial charge on any atom is -0.347 e. The lowest BCUT2D eigenvalue weighted by molar-refractivity contribution is -0.384. The number of hydrogen-bond donors (Lipinski definition) is 1. The van der Waals surface area contributed by atoms with Gasteiger partial charge in [-0.3, -0.25) is 14.9 Å². The summed E-state index contributed by atoms with van der Waals surface area (Å²) < 4.78 is 0. The van der Waals surface area contributed by atoms with E-state index in [2.05, 4.69) is 15.3 Å². The number of non-ortho nitro benzene ring substituents is 1. The summed E-state index contributed by atoms with van der Waals surface area (Å²) in [5.41, 5.74) is 1.66. The first-order valence-corrected chi connectivity index (χ1v) is 8.01. The van der Waals surface area contributed by atoms with Crippen molar-refractivity contribution in [1.29, 1.82) is 0 Å². The van der Waals surface area contributed by atoms with Gasteiger partial charge in [-0.2, -0.15) is 0 Å². The highest BCUT2D eigenvalue weighted by molar-refractivity contribution is 5.96. The maximum atomic E-state index is 12.5. The van der Waals surface area contributed by atoms with Crippen molar-refractivity contribution in [3.8, 4) is 11.1 Å². The minimum absolute atomic E-state index is 0.115. The Hall–Kier alpha value is -2.83. The highest BCUT2D eigenvalue weighted by Gasteiger charge is 2.21. The number of aromatic nitrogens is 2. The van der Waals surface area contributed by atoms with Crippen molar-refractivity contribution >= 4 is 11.6 Å². The maximum absolute atomic E-state index is 12.5. The predicted molar refractivity (Wildman–Crippen MR) is 95.4 cm³/mol. The molecule has 2 rings (SSSR count). The predicted octanol–water partition coefficient (Wildman–Crippen LogP) is 3.70. The van der Waals surface area contributed by atoms with E-state index in [0.717, 1.165) is 5.69 Å². The van der Waals surface area contributed by atoms with Crippen LogP contribution >= 0.6 is 0 Å². The lowest BCUT2D eigenvalue weighted by atomic mass is 9.96. The van der Waals surface area contributed by atoms with Crippen LogP contribution in [0, 0.1) is 10.1 Å². The first-order chi connectivity index (χ1) is 11.6. The third-order valence-electron chi connectivity index (χ3n) is 3.48. The number of nitro groups is 1. The van der Waals surface area contributed by atoms with Gasteiger partial charge in [-0.05, 0) is 38.3 Å². The summed E-state index contributed by atoms with van der Waals surface area (Å²) in [5, 5.41) is 14.1. The van der Waals surface area contributed by atoms with Gasteiger partial charge in [0.25, 0.3) is 11.6 Å². The molecule has 1 aromatic carbocycles. The van der Waals surface area contributed by atoms with E-state index in [1.165, 1.54) is 18.5 Å². The van der Waals surface area contributed by atoms with Crippen LogP contribution in [0.15, 0.2) is 30.7 Å². The molecule has 0 unspecified atom stereocenters. The molecule has 1 N–H and O–H groups in total. The smallest absolute Gasteiger partial charge is 0.270 e. The van der Waals surface area contributed by atoms with Gasteiger partial charge in [0, 0.05) is 35.0 Å². The fourth-order valence-corrected chi connectivity index (χ4v) is 2.44. The van der Waals surface area contributed by atoms with Gasteiger partial charge in [0.1, 0.15) is 6.33 Å². The Bertz CT molecular complexity index is 810. The van der Waals surface area contributed by atoms with Crippen molar-refractivity contribution in [2.45, 2.75) is 46.1 Å². The van der Waals surface area contributed by atoms with Crippen LogP contribution in [0.2, 0.25) is 0 Å². The van der Waals surface area contributed by atoms with Crippen LogP contribution in [0.4, 0.5) is 5.69 Å². The summed E-state index contributed by atoms with van der Waals surface area (Å²) in [5.74, 6) is -0.246. The number of amides is 1. The molecule has 132 valence electrons. The molecule has 0 saturated heterocycles. The van der Waals surface area contributed by atoms with E-state index < -0.39 is 10.5 Å². The lowest BCUT2D eigenvalue weighted by Crippen LogP contribution is -2.40. The molecule has 0 atom stereocenters. The minimum atomic E-state index is -0.504. The Balaban J connectivity index is 2.60. The molecule has 0 bridgehead atoms. The number of carbonyl (C=O) groups excluding carboxylic acids is 1. The third-order valence-corrected chi connectivity index (χ3v) is 3.48. The van der Waals surface area contributed by atoms with Crippen LogP contribution in [0.25, 0.3) is 11.1 Å². The monoisotopic (exact) mass is 342 g/mol. The van der Waals surface area contributed by atoms with Crippen molar-refractivity contribution in [1.82, 2.24) is 15.3 Å². The highest BCUT2D eigenvalue weighted by atomic mass is 16.6. The van der Waals surface area contributed by atoms with E-state index >= 15 is 0 Å². The lowest BCUT2D eigenvalue weighted by Gasteiger charge is -2.20. The molecule has 0 aliphatic rings. The summed E-state index contributed by atoms with van der Waals surface area (Å²) in [6, 6.07) is 4.36. The van der Waals surface area contributed by atoms with E-state index in [4.69, 9.17) is 0 Å². The summed E-state index contributed by atoms with van der Waals surface area (Å²) in [6.07, 6.45) is 3.07. The molecule has 1 aromatic heterocycles. The van der Waals surface area contributed by atoms with Crippen molar-refractivity contribution < 1.29 is 9.72 Å². The molecular weight excluding hydrogens is 320 g/mol. The highest BCUT2D eigenvalue weighted by Crippen LogP contribution is 2.30.